The Hall–Kier alpha value is -0.570. The van der Waals surface area contributed by atoms with Gasteiger partial charge in [-0.05, 0) is 18.8 Å². The van der Waals surface area contributed by atoms with Gasteiger partial charge in [-0.15, -0.1) is 0 Å². The maximum absolute atomic E-state index is 10.5. The van der Waals surface area contributed by atoms with E-state index >= 15 is 0 Å². The van der Waals surface area contributed by atoms with Gasteiger partial charge in [0.2, 0.25) is 0 Å². The van der Waals surface area contributed by atoms with Crippen LogP contribution in [0.5, 0.6) is 0 Å². The molecule has 0 aromatic rings. The molecule has 0 aliphatic carbocycles. The molecule has 0 aliphatic rings. The second-order valence-electron chi connectivity index (χ2n) is 3.87. The smallest absolute Gasteiger partial charge is 0.306 e. The third-order valence-corrected chi connectivity index (χ3v) is 2.56. The summed E-state index contributed by atoms with van der Waals surface area (Å²) >= 11 is 0. The molecule has 0 fully saturated rings. The van der Waals surface area contributed by atoms with Crippen LogP contribution in [0.4, 0.5) is 0 Å². The summed E-state index contributed by atoms with van der Waals surface area (Å²) in [7, 11) is 0. The molecule has 0 bridgehead atoms. The Labute approximate surface area is 79.8 Å². The first-order chi connectivity index (χ1) is 5.93. The summed E-state index contributed by atoms with van der Waals surface area (Å²) in [6.45, 7) is 5.90. The molecule has 0 amide bonds. The van der Waals surface area contributed by atoms with Crippen molar-refractivity contribution in [3.05, 3.63) is 0 Å². The predicted molar refractivity (Wildman–Crippen MR) is 51.6 cm³/mol. The van der Waals surface area contributed by atoms with Gasteiger partial charge in [0, 0.05) is 0 Å². The Morgan fingerprint density at radius 2 is 2.00 bits per heavy atom. The molecule has 0 rings (SSSR count). The summed E-state index contributed by atoms with van der Waals surface area (Å²) in [5.41, 5.74) is -1.01. The van der Waals surface area contributed by atoms with Gasteiger partial charge in [0.25, 0.3) is 0 Å². The van der Waals surface area contributed by atoms with E-state index in [9.17, 15) is 9.90 Å². The lowest BCUT2D eigenvalue weighted by Gasteiger charge is -2.27. The second-order valence-corrected chi connectivity index (χ2v) is 3.87. The third-order valence-electron chi connectivity index (χ3n) is 2.56. The van der Waals surface area contributed by atoms with Crippen molar-refractivity contribution in [2.45, 2.75) is 52.1 Å². The van der Waals surface area contributed by atoms with Crippen molar-refractivity contribution in [1.29, 1.82) is 0 Å². The minimum atomic E-state index is -1.01. The lowest BCUT2D eigenvalue weighted by molar-refractivity contribution is -0.143. The number of aliphatic hydroxyl groups is 1. The first kappa shape index (κ1) is 12.4. The van der Waals surface area contributed by atoms with E-state index in [1.807, 2.05) is 20.8 Å². The van der Waals surface area contributed by atoms with Crippen LogP contribution in [0.3, 0.4) is 0 Å². The number of carboxylic acid groups (broad SMARTS) is 1. The Bertz CT molecular complexity index is 168. The van der Waals surface area contributed by atoms with Gasteiger partial charge in [-0.2, -0.15) is 0 Å². The van der Waals surface area contributed by atoms with Crippen LogP contribution < -0.4 is 0 Å². The zero-order chi connectivity index (χ0) is 10.5. The molecule has 2 N–H and O–H groups in total. The predicted octanol–water partition coefficient (Wildman–Crippen LogP) is 2.04. The van der Waals surface area contributed by atoms with Gasteiger partial charge >= 0.3 is 5.97 Å². The molecule has 0 saturated heterocycles. The average molecular weight is 188 g/mol. The van der Waals surface area contributed by atoms with Gasteiger partial charge in [0.1, 0.15) is 0 Å². The highest BCUT2D eigenvalue weighted by Crippen LogP contribution is 2.25. The molecule has 3 heteroatoms. The second kappa shape index (κ2) is 5.22. The van der Waals surface area contributed by atoms with Crippen LogP contribution >= 0.6 is 0 Å². The van der Waals surface area contributed by atoms with Gasteiger partial charge in [-0.25, -0.2) is 0 Å². The van der Waals surface area contributed by atoms with Crippen molar-refractivity contribution in [3.63, 3.8) is 0 Å². The van der Waals surface area contributed by atoms with E-state index in [0.717, 1.165) is 6.42 Å². The van der Waals surface area contributed by atoms with Crippen LogP contribution in [0.25, 0.3) is 0 Å². The molecule has 0 spiro atoms. The quantitative estimate of drug-likeness (QED) is 0.670. The summed E-state index contributed by atoms with van der Waals surface area (Å²) in [4.78, 5) is 10.5. The van der Waals surface area contributed by atoms with Crippen molar-refractivity contribution in [2.24, 2.45) is 5.92 Å². The molecule has 13 heavy (non-hydrogen) atoms. The molecular formula is C10H20O3. The molecule has 78 valence electrons. The molecule has 0 radical (unpaired) electrons. The number of carbonyl (C=O) groups is 1. The minimum absolute atomic E-state index is 0.145. The Morgan fingerprint density at radius 3 is 2.31 bits per heavy atom. The first-order valence-electron chi connectivity index (χ1n) is 4.87. The SMILES string of the molecule is CCC(C)CC(O)(CC)CC(=O)O. The van der Waals surface area contributed by atoms with E-state index in [1.54, 1.807) is 0 Å². The fraction of sp³-hybridized carbons (Fsp3) is 0.900. The van der Waals surface area contributed by atoms with E-state index in [-0.39, 0.29) is 6.42 Å². The van der Waals surface area contributed by atoms with Crippen LogP contribution in [0, 0.1) is 5.92 Å². The van der Waals surface area contributed by atoms with Crippen LogP contribution in [0.2, 0.25) is 0 Å². The fourth-order valence-corrected chi connectivity index (χ4v) is 1.42. The first-order valence-corrected chi connectivity index (χ1v) is 4.87. The van der Waals surface area contributed by atoms with Gasteiger partial charge in [0.15, 0.2) is 0 Å². The van der Waals surface area contributed by atoms with E-state index in [1.165, 1.54) is 0 Å². The summed E-state index contributed by atoms with van der Waals surface area (Å²) in [6.07, 6.45) is 1.91. The third kappa shape index (κ3) is 4.88. The maximum Gasteiger partial charge on any atom is 0.306 e. The average Bonchev–Trinajstić information content (AvgIpc) is 2.02. The Morgan fingerprint density at radius 1 is 1.46 bits per heavy atom. The summed E-state index contributed by atoms with van der Waals surface area (Å²) in [5.74, 6) is -0.544. The Kier molecular flexibility index (Phi) is 4.99. The zero-order valence-corrected chi connectivity index (χ0v) is 8.71. The topological polar surface area (TPSA) is 57.5 Å². The van der Waals surface area contributed by atoms with Crippen LogP contribution in [-0.4, -0.2) is 21.8 Å². The van der Waals surface area contributed by atoms with Crippen molar-refractivity contribution < 1.29 is 15.0 Å². The van der Waals surface area contributed by atoms with E-state index in [0.29, 0.717) is 18.8 Å². The highest BCUT2D eigenvalue weighted by atomic mass is 16.4. The molecular weight excluding hydrogens is 168 g/mol. The van der Waals surface area contributed by atoms with Crippen molar-refractivity contribution >= 4 is 5.97 Å². The van der Waals surface area contributed by atoms with Gasteiger partial charge in [-0.1, -0.05) is 27.2 Å². The summed E-state index contributed by atoms with van der Waals surface area (Å²) in [5, 5.41) is 18.5. The standard InChI is InChI=1S/C10H20O3/c1-4-8(3)6-10(13,5-2)7-9(11)12/h8,13H,4-7H2,1-3H3,(H,11,12). The molecule has 0 saturated carbocycles. The molecule has 3 nitrogen and oxygen atoms in total. The van der Waals surface area contributed by atoms with Crippen molar-refractivity contribution in [3.8, 4) is 0 Å². The normalized spacial score (nSPS) is 17.8. The van der Waals surface area contributed by atoms with Crippen molar-refractivity contribution in [2.75, 3.05) is 0 Å². The van der Waals surface area contributed by atoms with E-state index < -0.39 is 11.6 Å². The number of carboxylic acids is 1. The molecule has 2 unspecified atom stereocenters. The Balaban J connectivity index is 4.18. The lowest BCUT2D eigenvalue weighted by Crippen LogP contribution is -2.32. The number of rotatable bonds is 6. The molecule has 0 aliphatic heterocycles. The zero-order valence-electron chi connectivity index (χ0n) is 8.71. The summed E-state index contributed by atoms with van der Waals surface area (Å²) in [6, 6.07) is 0. The highest BCUT2D eigenvalue weighted by molar-refractivity contribution is 5.68. The lowest BCUT2D eigenvalue weighted by atomic mass is 9.85. The van der Waals surface area contributed by atoms with E-state index in [2.05, 4.69) is 0 Å². The van der Waals surface area contributed by atoms with Gasteiger partial charge in [-0.3, -0.25) is 4.79 Å². The van der Waals surface area contributed by atoms with Crippen LogP contribution in [0.15, 0.2) is 0 Å². The number of aliphatic carboxylic acids is 1. The minimum Gasteiger partial charge on any atom is -0.481 e. The van der Waals surface area contributed by atoms with E-state index in [4.69, 9.17) is 5.11 Å². The maximum atomic E-state index is 10.5. The van der Waals surface area contributed by atoms with Gasteiger partial charge < -0.3 is 10.2 Å². The molecule has 0 heterocycles. The molecule has 0 aromatic carbocycles. The highest BCUT2D eigenvalue weighted by Gasteiger charge is 2.29. The molecule has 2 atom stereocenters. The monoisotopic (exact) mass is 188 g/mol. The van der Waals surface area contributed by atoms with Crippen molar-refractivity contribution in [1.82, 2.24) is 0 Å². The summed E-state index contributed by atoms with van der Waals surface area (Å²) < 4.78 is 0. The van der Waals surface area contributed by atoms with Crippen LogP contribution in [0.1, 0.15) is 46.5 Å². The van der Waals surface area contributed by atoms with Crippen LogP contribution in [-0.2, 0) is 4.79 Å². The van der Waals surface area contributed by atoms with Gasteiger partial charge in [0.05, 0.1) is 12.0 Å². The molecule has 0 aromatic heterocycles. The number of hydrogen-bond acceptors (Lipinski definition) is 2. The fourth-order valence-electron chi connectivity index (χ4n) is 1.42. The number of hydrogen-bond donors (Lipinski definition) is 2. The largest absolute Gasteiger partial charge is 0.481 e.